The minimum Gasteiger partial charge on any atom is -0.334 e. The molecule has 4 aliphatic heterocycles. The summed E-state index contributed by atoms with van der Waals surface area (Å²) in [4.78, 5) is 11.2. The van der Waals surface area contributed by atoms with E-state index in [4.69, 9.17) is 0 Å². The number of para-hydroxylation sites is 1. The highest BCUT2D eigenvalue weighted by Gasteiger charge is 2.60. The molecule has 430 valence electrons. The topological polar surface area (TPSA) is 13.0 Å². The van der Waals surface area contributed by atoms with Gasteiger partial charge >= 0.3 is 0 Å². The second-order valence-electron chi connectivity index (χ2n) is 29.7. The largest absolute Gasteiger partial charge is 0.334 e. The number of thiophene rings is 1. The molecule has 0 amide bonds. The van der Waals surface area contributed by atoms with E-state index in [0.29, 0.717) is 0 Å². The van der Waals surface area contributed by atoms with Crippen molar-refractivity contribution >= 4 is 111 Å². The number of aryl methyl sites for hydroxylation is 2. The molecule has 4 unspecified atom stereocenters. The van der Waals surface area contributed by atoms with Crippen LogP contribution in [0.4, 0.5) is 56.9 Å². The van der Waals surface area contributed by atoms with Crippen LogP contribution in [0.5, 0.6) is 0 Å². The summed E-state index contributed by atoms with van der Waals surface area (Å²) in [5, 5.41) is 2.63. The van der Waals surface area contributed by atoms with Crippen molar-refractivity contribution in [1.82, 2.24) is 0 Å². The molecular formula is C80H81BN4S. The molecule has 86 heavy (non-hydrogen) atoms. The van der Waals surface area contributed by atoms with Crippen LogP contribution in [0.1, 0.15) is 154 Å². The molecule has 10 aromatic rings. The predicted octanol–water partition coefficient (Wildman–Crippen LogP) is 20.5. The summed E-state index contributed by atoms with van der Waals surface area (Å²) in [6.07, 6.45) is 9.55. The summed E-state index contributed by atoms with van der Waals surface area (Å²) >= 11 is 1.95. The van der Waals surface area contributed by atoms with Gasteiger partial charge in [0.15, 0.2) is 0 Å². The van der Waals surface area contributed by atoms with Crippen LogP contribution in [-0.2, 0) is 21.7 Å². The first kappa shape index (κ1) is 53.9. The van der Waals surface area contributed by atoms with Gasteiger partial charge in [-0.25, -0.2) is 0 Å². The zero-order valence-electron chi connectivity index (χ0n) is 52.7. The number of rotatable bonds is 5. The first-order valence-electron chi connectivity index (χ1n) is 32.2. The highest BCUT2D eigenvalue weighted by molar-refractivity contribution is 7.26. The van der Waals surface area contributed by atoms with Crippen LogP contribution in [0.25, 0.3) is 31.3 Å². The van der Waals surface area contributed by atoms with E-state index in [0.717, 1.165) is 12.8 Å². The fourth-order valence-electron chi connectivity index (χ4n) is 18.1. The predicted molar refractivity (Wildman–Crippen MR) is 371 cm³/mol. The molecule has 2 saturated carbocycles. The number of hydrogen-bond acceptors (Lipinski definition) is 5. The Balaban J connectivity index is 1.06. The molecule has 2 aliphatic carbocycles. The summed E-state index contributed by atoms with van der Waals surface area (Å²) in [5.41, 5.74) is 27.2. The molecule has 4 nitrogen and oxygen atoms in total. The lowest BCUT2D eigenvalue weighted by atomic mass is 9.33. The Morgan fingerprint density at radius 1 is 0.442 bits per heavy atom. The van der Waals surface area contributed by atoms with E-state index in [1.54, 1.807) is 5.56 Å². The van der Waals surface area contributed by atoms with E-state index < -0.39 is 0 Å². The lowest BCUT2D eigenvalue weighted by Gasteiger charge is -2.51. The summed E-state index contributed by atoms with van der Waals surface area (Å²) in [5.74, 6) is 0. The van der Waals surface area contributed by atoms with Gasteiger partial charge in [-0.15, -0.1) is 11.3 Å². The number of benzene rings is 9. The van der Waals surface area contributed by atoms with E-state index in [2.05, 4.69) is 279 Å². The second-order valence-corrected chi connectivity index (χ2v) is 30.7. The molecule has 0 radical (unpaired) electrons. The zero-order valence-corrected chi connectivity index (χ0v) is 53.5. The lowest BCUT2D eigenvalue weighted by Crippen LogP contribution is -2.62. The Labute approximate surface area is 515 Å². The molecule has 4 atom stereocenters. The Morgan fingerprint density at radius 2 is 1.03 bits per heavy atom. The number of anilines is 10. The van der Waals surface area contributed by atoms with Crippen LogP contribution in [0.15, 0.2) is 176 Å². The number of fused-ring (bicyclic) bond motifs is 13. The van der Waals surface area contributed by atoms with E-state index in [1.807, 2.05) is 11.3 Å². The minimum absolute atomic E-state index is 0.00158. The molecule has 9 aromatic carbocycles. The number of hydrogen-bond donors (Lipinski definition) is 0. The SMILES string of the molecule is Cc1cc(C)c2c(c1)N(c1ccc3c(c1)N(c1cccc4c1sc1ccccc14)c1cc(N4c5ccccc5C5(C)CCCCC45C)cc4c1B3c1cc(C(C)(C)C)ccc1N4c1ccc(C(C)(C)C)cc1-c1ccccc1)C1(C)CCCCC21C. The van der Waals surface area contributed by atoms with Crippen molar-refractivity contribution in [3.05, 3.63) is 209 Å². The van der Waals surface area contributed by atoms with Crippen molar-refractivity contribution in [1.29, 1.82) is 0 Å². The van der Waals surface area contributed by atoms with E-state index in [-0.39, 0.29) is 39.5 Å². The van der Waals surface area contributed by atoms with Crippen molar-refractivity contribution in [2.24, 2.45) is 0 Å². The highest BCUT2D eigenvalue weighted by Crippen LogP contribution is 2.64. The fraction of sp³-hybridized carbons (Fsp3) is 0.325. The standard InChI is InChI=1S/C80H81BN4S/c1-50-43-51(2)72-68(44-50)84(80(12)42-23-21-40-78(72,80)10)55-35-36-61-67(47-55)83(66-31-24-28-58-57-27-16-19-32-71(57)86-74(58)66)70-49-56(85-64-30-18-17-29-60(64)77(9)39-20-22-41-79(77,85)11)48-69-73(70)81(61)62-46-54(76(6,7)8)34-38-65(62)82(69)63-37-33-53(75(3,4)5)45-59(63)52-25-14-13-15-26-52/h13-19,24-38,43-49H,20-23,39-42H2,1-12H3. The molecule has 5 heterocycles. The van der Waals surface area contributed by atoms with Gasteiger partial charge in [-0.3, -0.25) is 0 Å². The molecule has 2 fully saturated rings. The number of nitrogens with zero attached hydrogens (tertiary/aromatic N) is 4. The van der Waals surface area contributed by atoms with Crippen molar-refractivity contribution in [3.63, 3.8) is 0 Å². The van der Waals surface area contributed by atoms with Gasteiger partial charge in [0.1, 0.15) is 0 Å². The Kier molecular flexibility index (Phi) is 11.6. The molecule has 16 rings (SSSR count). The van der Waals surface area contributed by atoms with Gasteiger partial charge in [-0.1, -0.05) is 190 Å². The maximum atomic E-state index is 2.84. The van der Waals surface area contributed by atoms with Gasteiger partial charge in [0.2, 0.25) is 0 Å². The summed E-state index contributed by atoms with van der Waals surface area (Å²) in [7, 11) is 0. The van der Waals surface area contributed by atoms with Crippen LogP contribution in [0.2, 0.25) is 0 Å². The zero-order chi connectivity index (χ0) is 59.2. The normalized spacial score (nSPS) is 22.8. The Bertz CT molecular complexity index is 4480. The van der Waals surface area contributed by atoms with Gasteiger partial charge in [0, 0.05) is 77.4 Å². The molecule has 0 spiro atoms. The molecule has 0 bridgehead atoms. The maximum absolute atomic E-state index is 2.84. The molecule has 0 N–H and O–H groups in total. The molecular weight excluding hydrogens is 1060 g/mol. The van der Waals surface area contributed by atoms with Gasteiger partial charge in [-0.05, 0) is 186 Å². The average Bonchev–Trinajstić information content (AvgIpc) is 1.24. The van der Waals surface area contributed by atoms with Crippen LogP contribution < -0.4 is 36.0 Å². The summed E-state index contributed by atoms with van der Waals surface area (Å²) < 4.78 is 2.64. The van der Waals surface area contributed by atoms with Gasteiger partial charge < -0.3 is 19.6 Å². The summed E-state index contributed by atoms with van der Waals surface area (Å²) in [6.45, 7) is 29.2. The maximum Gasteiger partial charge on any atom is 0.252 e. The third-order valence-corrected chi connectivity index (χ3v) is 24.0. The highest BCUT2D eigenvalue weighted by atomic mass is 32.1. The molecule has 1 aromatic heterocycles. The van der Waals surface area contributed by atoms with Gasteiger partial charge in [0.05, 0.1) is 27.2 Å². The van der Waals surface area contributed by atoms with Crippen LogP contribution >= 0.6 is 11.3 Å². The van der Waals surface area contributed by atoms with E-state index in [9.17, 15) is 0 Å². The third kappa shape index (κ3) is 7.35. The van der Waals surface area contributed by atoms with E-state index >= 15 is 0 Å². The quantitative estimate of drug-likeness (QED) is 0.159. The van der Waals surface area contributed by atoms with Gasteiger partial charge in [-0.2, -0.15) is 0 Å². The molecule has 6 aliphatic rings. The smallest absolute Gasteiger partial charge is 0.252 e. The fourth-order valence-corrected chi connectivity index (χ4v) is 19.3. The first-order chi connectivity index (χ1) is 41.2. The first-order valence-corrected chi connectivity index (χ1v) is 33.0. The van der Waals surface area contributed by atoms with Gasteiger partial charge in [0.25, 0.3) is 6.71 Å². The van der Waals surface area contributed by atoms with Crippen molar-refractivity contribution in [3.8, 4) is 11.1 Å². The Morgan fingerprint density at radius 3 is 1.78 bits per heavy atom. The Hall–Kier alpha value is -7.54. The third-order valence-electron chi connectivity index (χ3n) is 22.8. The minimum atomic E-state index is -0.171. The molecule has 6 heteroatoms. The monoisotopic (exact) mass is 1140 g/mol. The van der Waals surface area contributed by atoms with Crippen molar-refractivity contribution < 1.29 is 0 Å². The van der Waals surface area contributed by atoms with E-state index in [1.165, 1.54) is 171 Å². The van der Waals surface area contributed by atoms with Crippen LogP contribution in [-0.4, -0.2) is 17.8 Å². The van der Waals surface area contributed by atoms with Crippen LogP contribution in [0.3, 0.4) is 0 Å². The van der Waals surface area contributed by atoms with Crippen molar-refractivity contribution in [2.75, 3.05) is 19.6 Å². The second kappa shape index (κ2) is 18.5. The lowest BCUT2D eigenvalue weighted by molar-refractivity contribution is 0.194. The van der Waals surface area contributed by atoms with Crippen LogP contribution in [0, 0.1) is 13.8 Å². The average molecular weight is 1140 g/mol. The summed E-state index contributed by atoms with van der Waals surface area (Å²) in [6, 6.07) is 69.9. The molecule has 0 saturated heterocycles. The van der Waals surface area contributed by atoms with Crippen molar-refractivity contribution in [2.45, 2.75) is 167 Å².